The molecule has 1 aromatic heterocycles. The van der Waals surface area contributed by atoms with E-state index in [1.807, 2.05) is 30.0 Å². The molecule has 0 bridgehead atoms. The van der Waals surface area contributed by atoms with Gasteiger partial charge < -0.3 is 24.6 Å². The first kappa shape index (κ1) is 32.2. The normalized spacial score (nSPS) is 21.5. The second-order valence-electron chi connectivity index (χ2n) is 9.15. The molecule has 4 rings (SSSR count). The first-order valence-corrected chi connectivity index (χ1v) is 11.8. The van der Waals surface area contributed by atoms with Crippen molar-refractivity contribution in [2.75, 3.05) is 39.5 Å². The molecule has 1 aromatic rings. The number of ether oxygens (including phenoxy) is 2. The molecule has 0 radical (unpaired) electrons. The maximum absolute atomic E-state index is 12.3. The molecule has 0 aliphatic carbocycles. The van der Waals surface area contributed by atoms with Crippen molar-refractivity contribution in [2.24, 2.45) is 0 Å². The van der Waals surface area contributed by atoms with Gasteiger partial charge in [-0.1, -0.05) is 6.07 Å². The number of morpholine rings is 1. The molecule has 220 valence electrons. The Morgan fingerprint density at radius 1 is 1.08 bits per heavy atom. The fourth-order valence-electron chi connectivity index (χ4n) is 4.22. The third-order valence-corrected chi connectivity index (χ3v) is 6.25. The van der Waals surface area contributed by atoms with Gasteiger partial charge in [-0.25, -0.2) is 9.59 Å². The van der Waals surface area contributed by atoms with Crippen molar-refractivity contribution in [1.82, 2.24) is 14.8 Å². The second kappa shape index (κ2) is 13.4. The van der Waals surface area contributed by atoms with Crippen LogP contribution in [0, 0.1) is 6.92 Å². The number of likely N-dealkylation sites (tertiary alicyclic amines) is 1. The summed E-state index contributed by atoms with van der Waals surface area (Å²) in [6.07, 6.45) is -7.07. The predicted molar refractivity (Wildman–Crippen MR) is 120 cm³/mol. The van der Waals surface area contributed by atoms with Gasteiger partial charge in [0.1, 0.15) is 6.61 Å². The number of rotatable bonds is 3. The van der Waals surface area contributed by atoms with Gasteiger partial charge >= 0.3 is 24.3 Å². The number of piperidine rings is 1. The van der Waals surface area contributed by atoms with Crippen molar-refractivity contribution in [3.05, 3.63) is 29.6 Å². The Kier molecular flexibility index (Phi) is 11.1. The zero-order valence-corrected chi connectivity index (χ0v) is 20.9. The lowest BCUT2D eigenvalue weighted by atomic mass is 9.88. The van der Waals surface area contributed by atoms with E-state index < -0.39 is 24.3 Å². The molecule has 10 nitrogen and oxygen atoms in total. The Morgan fingerprint density at radius 2 is 1.64 bits per heavy atom. The lowest BCUT2D eigenvalue weighted by molar-refractivity contribution is -0.193. The van der Waals surface area contributed by atoms with Gasteiger partial charge in [-0.05, 0) is 38.3 Å². The molecule has 2 N–H and O–H groups in total. The van der Waals surface area contributed by atoms with E-state index in [-0.39, 0.29) is 18.1 Å². The van der Waals surface area contributed by atoms with Gasteiger partial charge in [0.2, 0.25) is 5.91 Å². The van der Waals surface area contributed by atoms with E-state index in [9.17, 15) is 31.1 Å². The summed E-state index contributed by atoms with van der Waals surface area (Å²) in [6.45, 7) is 7.22. The summed E-state index contributed by atoms with van der Waals surface area (Å²) in [5, 5.41) is 14.2. The maximum Gasteiger partial charge on any atom is 0.490 e. The van der Waals surface area contributed by atoms with Crippen LogP contribution in [0.1, 0.15) is 30.7 Å². The third-order valence-electron chi connectivity index (χ3n) is 6.25. The van der Waals surface area contributed by atoms with Gasteiger partial charge in [0.05, 0.1) is 31.0 Å². The zero-order chi connectivity index (χ0) is 29.4. The van der Waals surface area contributed by atoms with Crippen LogP contribution >= 0.6 is 0 Å². The summed E-state index contributed by atoms with van der Waals surface area (Å²) in [6, 6.07) is 6.54. The number of aliphatic carboxylic acids is 2. The first-order valence-electron chi connectivity index (χ1n) is 11.8. The quantitative estimate of drug-likeness (QED) is 0.525. The molecular weight excluding hydrogens is 544 g/mol. The molecule has 0 saturated carbocycles. The molecule has 1 amide bonds. The average molecular weight is 573 g/mol. The SMILES string of the molecule is Cc1cccc(CN2CC3(CCN(C4CCOC4)CC3)OCC2=O)n1.O=C(O)C(F)(F)F.O=C(O)C(F)(F)F. The highest BCUT2D eigenvalue weighted by atomic mass is 19.4. The number of hydrogen-bond acceptors (Lipinski definition) is 7. The lowest BCUT2D eigenvalue weighted by Crippen LogP contribution is -2.59. The van der Waals surface area contributed by atoms with Gasteiger partial charge in [-0.3, -0.25) is 14.7 Å². The molecule has 4 heterocycles. The largest absolute Gasteiger partial charge is 0.490 e. The summed E-state index contributed by atoms with van der Waals surface area (Å²) in [5.74, 6) is -5.44. The highest BCUT2D eigenvalue weighted by Crippen LogP contribution is 2.32. The zero-order valence-electron chi connectivity index (χ0n) is 20.9. The van der Waals surface area contributed by atoms with Crippen LogP contribution in [-0.4, -0.2) is 106 Å². The van der Waals surface area contributed by atoms with Crippen LogP contribution in [0.3, 0.4) is 0 Å². The minimum atomic E-state index is -5.08. The van der Waals surface area contributed by atoms with Crippen molar-refractivity contribution in [3.63, 3.8) is 0 Å². The van der Waals surface area contributed by atoms with Crippen LogP contribution in [0.4, 0.5) is 26.3 Å². The van der Waals surface area contributed by atoms with Crippen molar-refractivity contribution in [1.29, 1.82) is 0 Å². The van der Waals surface area contributed by atoms with E-state index in [0.717, 1.165) is 57.0 Å². The molecular formula is C23H29F6N3O7. The van der Waals surface area contributed by atoms with E-state index in [0.29, 0.717) is 19.1 Å². The smallest absolute Gasteiger partial charge is 0.475 e. The number of carboxylic acid groups (broad SMARTS) is 2. The van der Waals surface area contributed by atoms with Crippen LogP contribution in [-0.2, 0) is 30.4 Å². The minimum Gasteiger partial charge on any atom is -0.475 e. The van der Waals surface area contributed by atoms with E-state index in [1.165, 1.54) is 0 Å². The molecule has 3 aliphatic heterocycles. The summed E-state index contributed by atoms with van der Waals surface area (Å²) >= 11 is 0. The number of hydrogen-bond donors (Lipinski definition) is 2. The van der Waals surface area contributed by atoms with Gasteiger partial charge in [0.25, 0.3) is 0 Å². The maximum atomic E-state index is 12.3. The first-order chi connectivity index (χ1) is 18.0. The van der Waals surface area contributed by atoms with Crippen LogP contribution in [0.2, 0.25) is 0 Å². The number of carbonyl (C=O) groups excluding carboxylic acids is 1. The summed E-state index contributed by atoms with van der Waals surface area (Å²) in [5.41, 5.74) is 1.75. The standard InChI is InChI=1S/C19H27N3O3.2C2HF3O2/c1-15-3-2-4-16(20-15)11-22-14-19(25-13-18(22)23)6-8-21(9-7-19)17-5-10-24-12-17;2*3-2(4,5)1(6)7/h2-4,17H,5-14H2,1H3;2*(H,6,7). The number of nitrogens with zero attached hydrogens (tertiary/aromatic N) is 3. The molecule has 3 aliphatic rings. The van der Waals surface area contributed by atoms with Crippen molar-refractivity contribution in [3.8, 4) is 0 Å². The Hall–Kier alpha value is -2.98. The van der Waals surface area contributed by atoms with Crippen LogP contribution in [0.15, 0.2) is 18.2 Å². The highest BCUT2D eigenvalue weighted by molar-refractivity contribution is 5.78. The number of carboxylic acids is 2. The monoisotopic (exact) mass is 573 g/mol. The molecule has 39 heavy (non-hydrogen) atoms. The number of amides is 1. The van der Waals surface area contributed by atoms with E-state index in [1.54, 1.807) is 0 Å². The second-order valence-corrected chi connectivity index (χ2v) is 9.15. The number of alkyl halides is 6. The average Bonchev–Trinajstić information content (AvgIpc) is 3.37. The topological polar surface area (TPSA) is 130 Å². The van der Waals surface area contributed by atoms with Gasteiger partial charge in [0.15, 0.2) is 0 Å². The van der Waals surface area contributed by atoms with Gasteiger partial charge in [0, 0.05) is 31.4 Å². The molecule has 1 unspecified atom stereocenters. The molecule has 3 saturated heterocycles. The van der Waals surface area contributed by atoms with E-state index in [2.05, 4.69) is 9.88 Å². The Balaban J connectivity index is 0.000000317. The lowest BCUT2D eigenvalue weighted by Gasteiger charge is -2.47. The van der Waals surface area contributed by atoms with Gasteiger partial charge in [-0.2, -0.15) is 26.3 Å². The fourth-order valence-corrected chi connectivity index (χ4v) is 4.22. The Bertz CT molecular complexity index is 967. The molecule has 0 aromatic carbocycles. The summed E-state index contributed by atoms with van der Waals surface area (Å²) < 4.78 is 75.0. The van der Waals surface area contributed by atoms with Crippen LogP contribution in [0.5, 0.6) is 0 Å². The van der Waals surface area contributed by atoms with Crippen molar-refractivity contribution >= 4 is 17.8 Å². The van der Waals surface area contributed by atoms with Crippen molar-refractivity contribution < 1.29 is 60.4 Å². The van der Waals surface area contributed by atoms with Crippen LogP contribution < -0.4 is 0 Å². The van der Waals surface area contributed by atoms with Crippen LogP contribution in [0.25, 0.3) is 0 Å². The Morgan fingerprint density at radius 3 is 2.10 bits per heavy atom. The van der Waals surface area contributed by atoms with Gasteiger partial charge in [-0.15, -0.1) is 0 Å². The highest BCUT2D eigenvalue weighted by Gasteiger charge is 2.43. The molecule has 1 spiro atoms. The number of aryl methyl sites for hydroxylation is 1. The fraction of sp³-hybridized carbons (Fsp3) is 0.652. The summed E-state index contributed by atoms with van der Waals surface area (Å²) in [4.78, 5) is 39.1. The summed E-state index contributed by atoms with van der Waals surface area (Å²) in [7, 11) is 0. The molecule has 3 fully saturated rings. The number of pyridine rings is 1. The van der Waals surface area contributed by atoms with E-state index >= 15 is 0 Å². The molecule has 16 heteroatoms. The number of halogens is 6. The predicted octanol–water partition coefficient (Wildman–Crippen LogP) is 2.64. The molecule has 1 atom stereocenters. The minimum absolute atomic E-state index is 0.0700. The van der Waals surface area contributed by atoms with E-state index in [4.69, 9.17) is 29.3 Å². The third kappa shape index (κ3) is 10.3. The number of aromatic nitrogens is 1. The van der Waals surface area contributed by atoms with Crippen molar-refractivity contribution in [2.45, 2.75) is 56.7 Å². The Labute approximate surface area is 219 Å². The number of carbonyl (C=O) groups is 3.